The minimum absolute atomic E-state index is 0.314. The molecule has 1 aliphatic rings. The van der Waals surface area contributed by atoms with Crippen molar-refractivity contribution in [3.63, 3.8) is 0 Å². The van der Waals surface area contributed by atoms with E-state index in [0.717, 1.165) is 5.56 Å². The van der Waals surface area contributed by atoms with E-state index in [-0.39, 0.29) is 5.97 Å². The molecule has 0 aromatic heterocycles. The van der Waals surface area contributed by atoms with Crippen LogP contribution in [-0.4, -0.2) is 26.0 Å². The average Bonchev–Trinajstić information content (AvgIpc) is 2.79. The lowest BCUT2D eigenvalue weighted by Gasteiger charge is -2.25. The Morgan fingerprint density at radius 1 is 1.47 bits per heavy atom. The number of hydrogen-bond donors (Lipinski definition) is 1. The molecular formula is C11H12N2O2. The number of aliphatic imine (C=N–C) groups is 1. The highest BCUT2D eigenvalue weighted by molar-refractivity contribution is 5.87. The Bertz CT molecular complexity index is 379. The number of hydrogen-bond acceptors (Lipinski definition) is 4. The van der Waals surface area contributed by atoms with Crippen LogP contribution in [0, 0.1) is 0 Å². The average molecular weight is 204 g/mol. The second-order valence-corrected chi connectivity index (χ2v) is 3.38. The SMILES string of the molecule is COC(=O)C1(c2ccccc2)CN=CN1. The molecule has 4 nitrogen and oxygen atoms in total. The minimum atomic E-state index is -0.837. The van der Waals surface area contributed by atoms with Crippen molar-refractivity contribution in [2.24, 2.45) is 4.99 Å². The van der Waals surface area contributed by atoms with Crippen molar-refractivity contribution in [3.05, 3.63) is 35.9 Å². The second-order valence-electron chi connectivity index (χ2n) is 3.38. The molecule has 1 atom stereocenters. The van der Waals surface area contributed by atoms with Gasteiger partial charge in [0.15, 0.2) is 5.54 Å². The van der Waals surface area contributed by atoms with Crippen LogP contribution in [0.1, 0.15) is 5.56 Å². The molecule has 0 spiro atoms. The van der Waals surface area contributed by atoms with Crippen molar-refractivity contribution in [3.8, 4) is 0 Å². The number of rotatable bonds is 2. The summed E-state index contributed by atoms with van der Waals surface area (Å²) in [4.78, 5) is 15.8. The number of methoxy groups -OCH3 is 1. The monoisotopic (exact) mass is 204 g/mol. The lowest BCUT2D eigenvalue weighted by Crippen LogP contribution is -2.48. The summed E-state index contributed by atoms with van der Waals surface area (Å²) in [6, 6.07) is 9.46. The Kier molecular flexibility index (Phi) is 2.41. The van der Waals surface area contributed by atoms with Crippen molar-refractivity contribution < 1.29 is 9.53 Å². The first-order valence-corrected chi connectivity index (χ1v) is 4.69. The van der Waals surface area contributed by atoms with Gasteiger partial charge in [0.25, 0.3) is 0 Å². The number of esters is 1. The van der Waals surface area contributed by atoms with E-state index in [4.69, 9.17) is 4.74 Å². The number of ether oxygens (including phenoxy) is 1. The summed E-state index contributed by atoms with van der Waals surface area (Å²) in [6.45, 7) is 0.379. The van der Waals surface area contributed by atoms with Gasteiger partial charge in [-0.05, 0) is 5.56 Å². The molecular weight excluding hydrogens is 192 g/mol. The van der Waals surface area contributed by atoms with Crippen molar-refractivity contribution in [2.75, 3.05) is 13.7 Å². The van der Waals surface area contributed by atoms with Gasteiger partial charge in [0.2, 0.25) is 0 Å². The maximum atomic E-state index is 11.8. The van der Waals surface area contributed by atoms with Crippen LogP contribution in [0.2, 0.25) is 0 Å². The first-order valence-electron chi connectivity index (χ1n) is 4.69. The smallest absolute Gasteiger partial charge is 0.338 e. The molecule has 78 valence electrons. The normalized spacial score (nSPS) is 23.5. The van der Waals surface area contributed by atoms with E-state index in [0.29, 0.717) is 6.54 Å². The second kappa shape index (κ2) is 3.73. The van der Waals surface area contributed by atoms with Gasteiger partial charge in [-0.25, -0.2) is 4.79 Å². The molecule has 0 bridgehead atoms. The third-order valence-corrected chi connectivity index (χ3v) is 2.53. The van der Waals surface area contributed by atoms with Crippen molar-refractivity contribution in [1.82, 2.24) is 5.32 Å². The van der Waals surface area contributed by atoms with Gasteiger partial charge >= 0.3 is 5.97 Å². The Hall–Kier alpha value is -1.84. The fourth-order valence-electron chi connectivity index (χ4n) is 1.70. The van der Waals surface area contributed by atoms with Gasteiger partial charge in [-0.2, -0.15) is 0 Å². The van der Waals surface area contributed by atoms with E-state index in [1.807, 2.05) is 30.3 Å². The van der Waals surface area contributed by atoms with Gasteiger partial charge in [-0.15, -0.1) is 0 Å². The van der Waals surface area contributed by atoms with Crippen LogP contribution in [0.4, 0.5) is 0 Å². The first-order chi connectivity index (χ1) is 7.29. The summed E-state index contributed by atoms with van der Waals surface area (Å²) in [7, 11) is 1.38. The highest BCUT2D eigenvalue weighted by Crippen LogP contribution is 2.25. The van der Waals surface area contributed by atoms with Crippen LogP contribution in [0.15, 0.2) is 35.3 Å². The molecule has 15 heavy (non-hydrogen) atoms. The number of nitrogens with one attached hydrogen (secondary N) is 1. The molecule has 0 fully saturated rings. The lowest BCUT2D eigenvalue weighted by atomic mass is 9.91. The predicted octanol–water partition coefficient (Wildman–Crippen LogP) is 0.686. The predicted molar refractivity (Wildman–Crippen MR) is 56.6 cm³/mol. The zero-order chi connectivity index (χ0) is 10.7. The Balaban J connectivity index is 2.40. The van der Waals surface area contributed by atoms with Gasteiger partial charge in [0.1, 0.15) is 0 Å². The number of nitrogens with zero attached hydrogens (tertiary/aromatic N) is 1. The van der Waals surface area contributed by atoms with E-state index in [2.05, 4.69) is 10.3 Å². The van der Waals surface area contributed by atoms with Crippen LogP contribution in [0.3, 0.4) is 0 Å². The molecule has 1 aromatic carbocycles. The summed E-state index contributed by atoms with van der Waals surface area (Å²) in [6.07, 6.45) is 1.55. The zero-order valence-corrected chi connectivity index (χ0v) is 8.43. The van der Waals surface area contributed by atoms with Crippen molar-refractivity contribution in [1.29, 1.82) is 0 Å². The van der Waals surface area contributed by atoms with E-state index >= 15 is 0 Å². The van der Waals surface area contributed by atoms with Crippen LogP contribution in [-0.2, 0) is 15.1 Å². The summed E-state index contributed by atoms with van der Waals surface area (Å²) in [5.74, 6) is -0.314. The molecule has 0 saturated heterocycles. The zero-order valence-electron chi connectivity index (χ0n) is 8.43. The number of benzene rings is 1. The molecule has 0 saturated carbocycles. The maximum Gasteiger partial charge on any atom is 0.338 e. The molecule has 0 radical (unpaired) electrons. The van der Waals surface area contributed by atoms with Gasteiger partial charge in [0.05, 0.1) is 20.0 Å². The fourth-order valence-corrected chi connectivity index (χ4v) is 1.70. The van der Waals surface area contributed by atoms with E-state index in [1.165, 1.54) is 7.11 Å². The standard InChI is InChI=1S/C11H12N2O2/c1-15-10(14)11(7-12-8-13-11)9-5-3-2-4-6-9/h2-6,8H,7H2,1H3,(H,12,13). The minimum Gasteiger partial charge on any atom is -0.467 e. The maximum absolute atomic E-state index is 11.8. The van der Waals surface area contributed by atoms with E-state index in [9.17, 15) is 4.79 Å². The molecule has 1 aromatic rings. The van der Waals surface area contributed by atoms with Gasteiger partial charge < -0.3 is 10.1 Å². The Morgan fingerprint density at radius 3 is 2.73 bits per heavy atom. The highest BCUT2D eigenvalue weighted by Gasteiger charge is 2.42. The van der Waals surface area contributed by atoms with Crippen molar-refractivity contribution >= 4 is 12.3 Å². The first kappa shape index (κ1) is 9.71. The molecule has 0 amide bonds. The number of carbonyl (C=O) groups excluding carboxylic acids is 1. The van der Waals surface area contributed by atoms with Crippen LogP contribution < -0.4 is 5.32 Å². The highest BCUT2D eigenvalue weighted by atomic mass is 16.5. The molecule has 0 aliphatic carbocycles. The van der Waals surface area contributed by atoms with Crippen LogP contribution in [0.5, 0.6) is 0 Å². The lowest BCUT2D eigenvalue weighted by molar-refractivity contribution is -0.147. The fraction of sp³-hybridized carbons (Fsp3) is 0.273. The summed E-state index contributed by atoms with van der Waals surface area (Å²) in [5, 5.41) is 2.97. The number of carbonyl (C=O) groups is 1. The van der Waals surface area contributed by atoms with Crippen LogP contribution >= 0.6 is 0 Å². The van der Waals surface area contributed by atoms with Crippen molar-refractivity contribution in [2.45, 2.75) is 5.54 Å². The third-order valence-electron chi connectivity index (χ3n) is 2.53. The Labute approximate surface area is 88.0 Å². The molecule has 4 heteroatoms. The Morgan fingerprint density at radius 2 is 2.20 bits per heavy atom. The molecule has 1 heterocycles. The summed E-state index contributed by atoms with van der Waals surface area (Å²) >= 11 is 0. The quantitative estimate of drug-likeness (QED) is 0.721. The van der Waals surface area contributed by atoms with Gasteiger partial charge in [-0.3, -0.25) is 4.99 Å². The third kappa shape index (κ3) is 1.48. The molecule has 2 rings (SSSR count). The summed E-state index contributed by atoms with van der Waals surface area (Å²) in [5.41, 5.74) is 0.0325. The molecule has 1 unspecified atom stereocenters. The van der Waals surface area contributed by atoms with Crippen LogP contribution in [0.25, 0.3) is 0 Å². The van der Waals surface area contributed by atoms with Gasteiger partial charge in [0, 0.05) is 0 Å². The van der Waals surface area contributed by atoms with E-state index < -0.39 is 5.54 Å². The van der Waals surface area contributed by atoms with Gasteiger partial charge in [-0.1, -0.05) is 30.3 Å². The summed E-state index contributed by atoms with van der Waals surface area (Å²) < 4.78 is 4.81. The molecule has 1 N–H and O–H groups in total. The van der Waals surface area contributed by atoms with E-state index in [1.54, 1.807) is 6.34 Å². The largest absolute Gasteiger partial charge is 0.467 e. The molecule has 1 aliphatic heterocycles. The topological polar surface area (TPSA) is 50.7 Å².